The minimum absolute atomic E-state index is 0.0261. The van der Waals surface area contributed by atoms with Crippen LogP contribution in [-0.2, 0) is 22.1 Å². The van der Waals surface area contributed by atoms with Crippen LogP contribution in [0.3, 0.4) is 0 Å². The van der Waals surface area contributed by atoms with Crippen LogP contribution in [0, 0.1) is 5.82 Å². The Bertz CT molecular complexity index is 1430. The van der Waals surface area contributed by atoms with Gasteiger partial charge in [-0.25, -0.2) is 22.9 Å². The molecule has 0 radical (unpaired) electrons. The normalized spacial score (nSPS) is 18.1. The van der Waals surface area contributed by atoms with E-state index < -0.39 is 38.2 Å². The molecule has 0 saturated heterocycles. The van der Waals surface area contributed by atoms with Crippen molar-refractivity contribution in [2.45, 2.75) is 55.3 Å². The molecular formula is C21H20F4N6O2S. The molecule has 1 saturated carbocycles. The molecule has 3 N–H and O–H groups in total. The second-order valence-corrected chi connectivity index (χ2v) is 10.0. The number of nitrogens with two attached hydrogens (primary N) is 1. The highest BCUT2D eigenvalue weighted by molar-refractivity contribution is 7.89. The molecule has 3 heterocycles. The third-order valence-corrected chi connectivity index (χ3v) is 7.27. The standard InChI is InChI=1S/C21H20F4N6O2S/c22-15-9-13(4-5-16(15)34(26,32)33)29-19-28-10-12-8-14-11-27-18(21(23,24)25)20(6-2-1-3-7-20)31(14)17(12)30-19/h4-5,8-10H,1-3,6-7,11H2,(H2,26,32,33)(H,28,29,30). The van der Waals surface area contributed by atoms with E-state index in [2.05, 4.69) is 20.3 Å². The number of aromatic nitrogens is 3. The van der Waals surface area contributed by atoms with Crippen LogP contribution in [0.2, 0.25) is 0 Å². The lowest BCUT2D eigenvalue weighted by atomic mass is 9.76. The predicted octanol–water partition coefficient (Wildman–Crippen LogP) is 4.14. The van der Waals surface area contributed by atoms with E-state index in [0.717, 1.165) is 18.6 Å². The number of alkyl halides is 3. The lowest BCUT2D eigenvalue weighted by Gasteiger charge is -2.43. The summed E-state index contributed by atoms with van der Waals surface area (Å²) in [6.07, 6.45) is -0.356. The summed E-state index contributed by atoms with van der Waals surface area (Å²) in [5, 5.41) is 8.33. The summed E-state index contributed by atoms with van der Waals surface area (Å²) in [5.41, 5.74) is -1.01. The highest BCUT2D eigenvalue weighted by atomic mass is 32.2. The summed E-state index contributed by atoms with van der Waals surface area (Å²) in [6.45, 7) is -0.115. The van der Waals surface area contributed by atoms with E-state index in [4.69, 9.17) is 5.14 Å². The zero-order chi connectivity index (χ0) is 24.3. The van der Waals surface area contributed by atoms with E-state index in [1.807, 2.05) is 0 Å². The summed E-state index contributed by atoms with van der Waals surface area (Å²) < 4.78 is 80.7. The maximum atomic E-state index is 14.2. The van der Waals surface area contributed by atoms with E-state index in [0.29, 0.717) is 42.4 Å². The number of halogens is 4. The lowest BCUT2D eigenvalue weighted by molar-refractivity contribution is -0.0688. The van der Waals surface area contributed by atoms with Gasteiger partial charge in [0.1, 0.15) is 22.1 Å². The Kier molecular flexibility index (Phi) is 5.17. The van der Waals surface area contributed by atoms with Crippen molar-refractivity contribution in [1.29, 1.82) is 0 Å². The van der Waals surface area contributed by atoms with Crippen molar-refractivity contribution in [3.63, 3.8) is 0 Å². The summed E-state index contributed by atoms with van der Waals surface area (Å²) in [5.74, 6) is -1.03. The van der Waals surface area contributed by atoms with Gasteiger partial charge >= 0.3 is 6.18 Å². The molecule has 0 bridgehead atoms. The molecule has 8 nitrogen and oxygen atoms in total. The van der Waals surface area contributed by atoms with Crippen molar-refractivity contribution >= 4 is 38.4 Å². The molecule has 1 spiro atoms. The first-order valence-corrected chi connectivity index (χ1v) is 12.1. The predicted molar refractivity (Wildman–Crippen MR) is 117 cm³/mol. The largest absolute Gasteiger partial charge is 0.431 e. The topological polar surface area (TPSA) is 115 Å². The molecule has 34 heavy (non-hydrogen) atoms. The van der Waals surface area contributed by atoms with Gasteiger partial charge in [0.15, 0.2) is 0 Å². The minimum atomic E-state index is -4.57. The zero-order valence-corrected chi connectivity index (χ0v) is 18.5. The van der Waals surface area contributed by atoms with Gasteiger partial charge in [-0.15, -0.1) is 0 Å². The number of primary sulfonamides is 1. The number of aliphatic imine (C=N–C) groups is 1. The monoisotopic (exact) mass is 496 g/mol. The fourth-order valence-electron chi connectivity index (χ4n) is 5.00. The van der Waals surface area contributed by atoms with Crippen LogP contribution in [0.5, 0.6) is 0 Å². The van der Waals surface area contributed by atoms with Crippen molar-refractivity contribution in [2.24, 2.45) is 10.1 Å². The number of fused-ring (bicyclic) bond motifs is 4. The summed E-state index contributed by atoms with van der Waals surface area (Å²) in [7, 11) is -4.23. The minimum Gasteiger partial charge on any atom is -0.324 e. The molecule has 13 heteroatoms. The third-order valence-electron chi connectivity index (χ3n) is 6.33. The van der Waals surface area contributed by atoms with Gasteiger partial charge in [0, 0.05) is 23.0 Å². The second-order valence-electron chi connectivity index (χ2n) is 8.51. The molecule has 0 unspecified atom stereocenters. The maximum absolute atomic E-state index is 14.2. The molecule has 1 fully saturated rings. The van der Waals surface area contributed by atoms with Gasteiger partial charge in [-0.3, -0.25) is 4.99 Å². The Hall–Kier alpha value is -3.06. The Morgan fingerprint density at radius 1 is 1.12 bits per heavy atom. The van der Waals surface area contributed by atoms with E-state index >= 15 is 0 Å². The van der Waals surface area contributed by atoms with E-state index in [1.165, 1.54) is 12.3 Å². The van der Waals surface area contributed by atoms with Crippen LogP contribution in [0.15, 0.2) is 40.4 Å². The van der Waals surface area contributed by atoms with Crippen LogP contribution in [0.25, 0.3) is 11.0 Å². The van der Waals surface area contributed by atoms with Gasteiger partial charge in [-0.2, -0.15) is 18.2 Å². The van der Waals surface area contributed by atoms with Crippen molar-refractivity contribution in [3.05, 3.63) is 42.0 Å². The Morgan fingerprint density at radius 2 is 1.85 bits per heavy atom. The molecule has 3 aromatic rings. The van der Waals surface area contributed by atoms with Gasteiger partial charge in [-0.1, -0.05) is 19.3 Å². The Balaban J connectivity index is 1.59. The highest BCUT2D eigenvalue weighted by Gasteiger charge is 2.54. The molecule has 2 aromatic heterocycles. The van der Waals surface area contributed by atoms with Gasteiger partial charge < -0.3 is 9.88 Å². The SMILES string of the molecule is NS(=O)(=O)c1ccc(Nc2ncc3cc4n(c3n2)C2(CCCCC2)C(C(F)(F)F)=NC4)cc1F. The van der Waals surface area contributed by atoms with Crippen molar-refractivity contribution in [2.75, 3.05) is 5.32 Å². The molecule has 0 amide bonds. The van der Waals surface area contributed by atoms with Gasteiger partial charge in [0.25, 0.3) is 0 Å². The maximum Gasteiger partial charge on any atom is 0.431 e. The number of hydrogen-bond acceptors (Lipinski definition) is 6. The fraction of sp³-hybridized carbons (Fsp3) is 0.381. The van der Waals surface area contributed by atoms with E-state index in [1.54, 1.807) is 10.6 Å². The molecule has 1 aliphatic carbocycles. The van der Waals surface area contributed by atoms with Crippen LogP contribution in [0.4, 0.5) is 29.2 Å². The Labute approximate surface area is 192 Å². The second kappa shape index (κ2) is 7.73. The first-order chi connectivity index (χ1) is 16.0. The number of rotatable bonds is 3. The number of sulfonamides is 1. The number of hydrogen-bond donors (Lipinski definition) is 2. The molecule has 1 aromatic carbocycles. The number of anilines is 2. The quantitative estimate of drug-likeness (QED) is 0.529. The first-order valence-electron chi connectivity index (χ1n) is 10.6. The fourth-order valence-corrected chi connectivity index (χ4v) is 5.59. The van der Waals surface area contributed by atoms with Crippen LogP contribution >= 0.6 is 0 Å². The van der Waals surface area contributed by atoms with Crippen LogP contribution in [-0.4, -0.2) is 34.8 Å². The third kappa shape index (κ3) is 3.72. The lowest BCUT2D eigenvalue weighted by Crippen LogP contribution is -2.52. The summed E-state index contributed by atoms with van der Waals surface area (Å²) in [6, 6.07) is 4.97. The molecule has 5 rings (SSSR count). The average Bonchev–Trinajstić information content (AvgIpc) is 3.12. The average molecular weight is 496 g/mol. The van der Waals surface area contributed by atoms with Crippen molar-refractivity contribution in [3.8, 4) is 0 Å². The van der Waals surface area contributed by atoms with Gasteiger partial charge in [0.05, 0.1) is 12.1 Å². The smallest absolute Gasteiger partial charge is 0.324 e. The highest BCUT2D eigenvalue weighted by Crippen LogP contribution is 2.46. The molecule has 180 valence electrons. The number of nitrogens with zero attached hydrogens (tertiary/aromatic N) is 4. The first kappa shape index (κ1) is 22.7. The van der Waals surface area contributed by atoms with Gasteiger partial charge in [0.2, 0.25) is 16.0 Å². The van der Waals surface area contributed by atoms with E-state index in [-0.39, 0.29) is 18.2 Å². The Morgan fingerprint density at radius 3 is 2.50 bits per heavy atom. The van der Waals surface area contributed by atoms with Crippen molar-refractivity contribution < 1.29 is 26.0 Å². The molecular weight excluding hydrogens is 476 g/mol. The summed E-state index contributed by atoms with van der Waals surface area (Å²) >= 11 is 0. The number of nitrogens with one attached hydrogen (secondary N) is 1. The van der Waals surface area contributed by atoms with E-state index in [9.17, 15) is 26.0 Å². The van der Waals surface area contributed by atoms with Crippen LogP contribution < -0.4 is 10.5 Å². The zero-order valence-electron chi connectivity index (χ0n) is 17.7. The number of benzene rings is 1. The van der Waals surface area contributed by atoms with Crippen molar-refractivity contribution in [1.82, 2.24) is 14.5 Å². The molecule has 1 aliphatic heterocycles. The molecule has 0 atom stereocenters. The van der Waals surface area contributed by atoms with Crippen LogP contribution in [0.1, 0.15) is 37.8 Å². The molecule has 2 aliphatic rings. The van der Waals surface area contributed by atoms with Gasteiger partial charge in [-0.05, 0) is 37.1 Å². The summed E-state index contributed by atoms with van der Waals surface area (Å²) in [4.78, 5) is 11.9.